The van der Waals surface area contributed by atoms with Crippen LogP contribution in [0.1, 0.15) is 12.5 Å². The lowest BCUT2D eigenvalue weighted by molar-refractivity contribution is 0.414. The monoisotopic (exact) mass is 208 g/mol. The van der Waals surface area contributed by atoms with Crippen molar-refractivity contribution in [2.24, 2.45) is 17.4 Å². The van der Waals surface area contributed by atoms with E-state index in [4.69, 9.17) is 16.2 Å². The second-order valence-corrected chi connectivity index (χ2v) is 3.93. The zero-order valence-electron chi connectivity index (χ0n) is 9.44. The van der Waals surface area contributed by atoms with Crippen LogP contribution in [0.15, 0.2) is 24.3 Å². The molecule has 0 saturated heterocycles. The molecule has 2 atom stereocenters. The lowest BCUT2D eigenvalue weighted by Crippen LogP contribution is -2.36. The van der Waals surface area contributed by atoms with Crippen molar-refractivity contribution in [2.45, 2.75) is 19.4 Å². The minimum Gasteiger partial charge on any atom is -0.497 e. The Hall–Kier alpha value is -1.06. The molecule has 0 aliphatic rings. The highest BCUT2D eigenvalue weighted by Crippen LogP contribution is 2.15. The highest BCUT2D eigenvalue weighted by Gasteiger charge is 2.11. The van der Waals surface area contributed by atoms with E-state index in [0.717, 1.165) is 12.2 Å². The number of hydrogen-bond acceptors (Lipinski definition) is 3. The molecule has 0 heterocycles. The van der Waals surface area contributed by atoms with Gasteiger partial charge in [-0.3, -0.25) is 0 Å². The Morgan fingerprint density at radius 1 is 1.27 bits per heavy atom. The second kappa shape index (κ2) is 5.73. The van der Waals surface area contributed by atoms with Gasteiger partial charge >= 0.3 is 0 Å². The number of rotatable bonds is 5. The molecule has 0 saturated carbocycles. The summed E-state index contributed by atoms with van der Waals surface area (Å²) in [4.78, 5) is 0. The van der Waals surface area contributed by atoms with E-state index in [0.29, 0.717) is 12.5 Å². The van der Waals surface area contributed by atoms with Gasteiger partial charge in [0.25, 0.3) is 0 Å². The first-order valence-electron chi connectivity index (χ1n) is 5.26. The molecule has 0 fully saturated rings. The number of benzene rings is 1. The van der Waals surface area contributed by atoms with E-state index in [1.165, 1.54) is 5.56 Å². The van der Waals surface area contributed by atoms with Gasteiger partial charge in [-0.15, -0.1) is 0 Å². The third-order valence-electron chi connectivity index (χ3n) is 2.72. The fraction of sp³-hybridized carbons (Fsp3) is 0.500. The Morgan fingerprint density at radius 2 is 1.87 bits per heavy atom. The topological polar surface area (TPSA) is 61.3 Å². The van der Waals surface area contributed by atoms with Crippen LogP contribution in [0.4, 0.5) is 0 Å². The molecular formula is C12H20N2O. The number of nitrogens with two attached hydrogens (primary N) is 2. The SMILES string of the molecule is COc1ccc(CC(C)C(N)CN)cc1. The van der Waals surface area contributed by atoms with Crippen molar-refractivity contribution in [3.05, 3.63) is 29.8 Å². The Balaban J connectivity index is 2.57. The highest BCUT2D eigenvalue weighted by atomic mass is 16.5. The molecule has 0 amide bonds. The summed E-state index contributed by atoms with van der Waals surface area (Å²) in [5.74, 6) is 1.29. The third-order valence-corrected chi connectivity index (χ3v) is 2.72. The van der Waals surface area contributed by atoms with Gasteiger partial charge in [0.1, 0.15) is 5.75 Å². The predicted octanol–water partition coefficient (Wildman–Crippen LogP) is 1.16. The quantitative estimate of drug-likeness (QED) is 0.763. The van der Waals surface area contributed by atoms with Crippen molar-refractivity contribution in [1.29, 1.82) is 0 Å². The molecule has 0 bridgehead atoms. The van der Waals surface area contributed by atoms with E-state index < -0.39 is 0 Å². The van der Waals surface area contributed by atoms with E-state index in [1.807, 2.05) is 12.1 Å². The zero-order chi connectivity index (χ0) is 11.3. The Kier molecular flexibility index (Phi) is 4.59. The van der Waals surface area contributed by atoms with Gasteiger partial charge in [0.2, 0.25) is 0 Å². The Bertz CT molecular complexity index is 284. The maximum Gasteiger partial charge on any atom is 0.118 e. The standard InChI is InChI=1S/C12H20N2O/c1-9(12(14)8-13)7-10-3-5-11(15-2)6-4-10/h3-6,9,12H,7-8,13-14H2,1-2H3. The minimum atomic E-state index is 0.0760. The average molecular weight is 208 g/mol. The second-order valence-electron chi connectivity index (χ2n) is 3.93. The normalized spacial score (nSPS) is 14.7. The van der Waals surface area contributed by atoms with Crippen molar-refractivity contribution in [2.75, 3.05) is 13.7 Å². The minimum absolute atomic E-state index is 0.0760. The number of hydrogen-bond donors (Lipinski definition) is 2. The summed E-state index contributed by atoms with van der Waals surface area (Å²) in [7, 11) is 1.67. The molecule has 3 nitrogen and oxygen atoms in total. The van der Waals surface area contributed by atoms with Gasteiger partial charge in [0.15, 0.2) is 0 Å². The van der Waals surface area contributed by atoms with Crippen LogP contribution in [-0.2, 0) is 6.42 Å². The van der Waals surface area contributed by atoms with Crippen LogP contribution >= 0.6 is 0 Å². The fourth-order valence-electron chi connectivity index (χ4n) is 1.52. The van der Waals surface area contributed by atoms with E-state index in [-0.39, 0.29) is 6.04 Å². The molecule has 2 unspecified atom stereocenters. The summed E-state index contributed by atoms with van der Waals surface area (Å²) >= 11 is 0. The first-order valence-corrected chi connectivity index (χ1v) is 5.26. The Labute approximate surface area is 91.4 Å². The lowest BCUT2D eigenvalue weighted by Gasteiger charge is -2.18. The third kappa shape index (κ3) is 3.53. The maximum absolute atomic E-state index is 5.87. The van der Waals surface area contributed by atoms with Crippen molar-refractivity contribution in [1.82, 2.24) is 0 Å². The molecule has 0 aliphatic carbocycles. The fourth-order valence-corrected chi connectivity index (χ4v) is 1.52. The summed E-state index contributed by atoms with van der Waals surface area (Å²) in [6.45, 7) is 2.67. The van der Waals surface area contributed by atoms with Crippen LogP contribution in [0, 0.1) is 5.92 Å². The van der Waals surface area contributed by atoms with Gasteiger partial charge in [0.05, 0.1) is 7.11 Å². The number of methoxy groups -OCH3 is 1. The smallest absolute Gasteiger partial charge is 0.118 e. The average Bonchev–Trinajstić information content (AvgIpc) is 2.29. The largest absolute Gasteiger partial charge is 0.497 e. The molecule has 3 heteroatoms. The molecule has 0 aliphatic heterocycles. The lowest BCUT2D eigenvalue weighted by atomic mass is 9.94. The summed E-state index contributed by atoms with van der Waals surface area (Å²) in [5.41, 5.74) is 12.7. The summed E-state index contributed by atoms with van der Waals surface area (Å²) in [5, 5.41) is 0. The predicted molar refractivity (Wildman–Crippen MR) is 62.9 cm³/mol. The van der Waals surface area contributed by atoms with E-state index in [1.54, 1.807) is 7.11 Å². The van der Waals surface area contributed by atoms with Gasteiger partial charge in [0, 0.05) is 12.6 Å². The van der Waals surface area contributed by atoms with Crippen LogP contribution < -0.4 is 16.2 Å². The van der Waals surface area contributed by atoms with E-state index >= 15 is 0 Å². The van der Waals surface area contributed by atoms with Gasteiger partial charge in [-0.05, 0) is 30.0 Å². The van der Waals surface area contributed by atoms with Crippen molar-refractivity contribution in [3.63, 3.8) is 0 Å². The molecule has 0 aromatic heterocycles. The van der Waals surface area contributed by atoms with E-state index in [2.05, 4.69) is 19.1 Å². The van der Waals surface area contributed by atoms with Crippen LogP contribution in [0.5, 0.6) is 5.75 Å². The molecule has 1 aromatic rings. The summed E-state index contributed by atoms with van der Waals surface area (Å²) in [6.07, 6.45) is 0.961. The molecule has 0 spiro atoms. The van der Waals surface area contributed by atoms with Crippen molar-refractivity contribution in [3.8, 4) is 5.75 Å². The number of ether oxygens (including phenoxy) is 1. The maximum atomic E-state index is 5.87. The molecule has 1 aromatic carbocycles. The summed E-state index contributed by atoms with van der Waals surface area (Å²) in [6, 6.07) is 8.15. The Morgan fingerprint density at radius 3 is 2.33 bits per heavy atom. The van der Waals surface area contributed by atoms with Gasteiger partial charge in [-0.1, -0.05) is 19.1 Å². The van der Waals surface area contributed by atoms with Crippen LogP contribution in [0.3, 0.4) is 0 Å². The molecule has 15 heavy (non-hydrogen) atoms. The van der Waals surface area contributed by atoms with E-state index in [9.17, 15) is 0 Å². The molecule has 4 N–H and O–H groups in total. The van der Waals surface area contributed by atoms with Crippen molar-refractivity contribution < 1.29 is 4.74 Å². The molecular weight excluding hydrogens is 188 g/mol. The first-order chi connectivity index (χ1) is 7.17. The molecule has 84 valence electrons. The van der Waals surface area contributed by atoms with Gasteiger partial charge < -0.3 is 16.2 Å². The van der Waals surface area contributed by atoms with Gasteiger partial charge in [-0.2, -0.15) is 0 Å². The molecule has 1 rings (SSSR count). The highest BCUT2D eigenvalue weighted by molar-refractivity contribution is 5.27. The zero-order valence-corrected chi connectivity index (χ0v) is 9.44. The van der Waals surface area contributed by atoms with Crippen LogP contribution in [0.25, 0.3) is 0 Å². The van der Waals surface area contributed by atoms with Gasteiger partial charge in [-0.25, -0.2) is 0 Å². The van der Waals surface area contributed by atoms with Crippen LogP contribution in [0.2, 0.25) is 0 Å². The van der Waals surface area contributed by atoms with Crippen molar-refractivity contribution >= 4 is 0 Å². The summed E-state index contributed by atoms with van der Waals surface area (Å²) < 4.78 is 5.10. The molecule has 0 radical (unpaired) electrons. The first kappa shape index (κ1) is 12.0. The van der Waals surface area contributed by atoms with Crippen LogP contribution in [-0.4, -0.2) is 19.7 Å².